The highest BCUT2D eigenvalue weighted by Crippen LogP contribution is 2.37. The van der Waals surface area contributed by atoms with Crippen LogP contribution in [0.4, 0.5) is 11.6 Å². The van der Waals surface area contributed by atoms with Crippen molar-refractivity contribution in [2.24, 2.45) is 0 Å². The van der Waals surface area contributed by atoms with Gasteiger partial charge in [-0.05, 0) is 42.5 Å². The molecule has 2 aromatic heterocycles. The highest BCUT2D eigenvalue weighted by atomic mass is 35.5. The maximum Gasteiger partial charge on any atom is 0.253 e. The molecular formula is C23H18ClN5O2. The van der Waals surface area contributed by atoms with Gasteiger partial charge in [-0.15, -0.1) is 0 Å². The van der Waals surface area contributed by atoms with Crippen LogP contribution in [0.2, 0.25) is 5.02 Å². The molecule has 7 nitrogen and oxygen atoms in total. The molecule has 31 heavy (non-hydrogen) atoms. The molecule has 0 fully saturated rings. The number of hydrogen-bond acceptors (Lipinski definition) is 4. The summed E-state index contributed by atoms with van der Waals surface area (Å²) in [6.45, 7) is 0.287. The van der Waals surface area contributed by atoms with Gasteiger partial charge in [0.1, 0.15) is 6.04 Å². The zero-order valence-corrected chi connectivity index (χ0v) is 17.2. The fourth-order valence-corrected chi connectivity index (χ4v) is 4.04. The van der Waals surface area contributed by atoms with Gasteiger partial charge >= 0.3 is 0 Å². The number of fused-ring (bicyclic) bond motifs is 3. The second-order valence-corrected chi connectivity index (χ2v) is 7.73. The molecule has 154 valence electrons. The highest BCUT2D eigenvalue weighted by Gasteiger charge is 2.41. The van der Waals surface area contributed by atoms with E-state index in [4.69, 9.17) is 11.6 Å². The molecule has 1 aliphatic heterocycles. The first-order valence-corrected chi connectivity index (χ1v) is 10.2. The number of hydrogen-bond donors (Lipinski definition) is 1. The largest absolute Gasteiger partial charge is 0.326 e. The average molecular weight is 432 g/mol. The summed E-state index contributed by atoms with van der Waals surface area (Å²) in [6.07, 6.45) is 1.67. The van der Waals surface area contributed by atoms with Crippen molar-refractivity contribution in [2.45, 2.75) is 19.0 Å². The molecule has 4 aromatic rings. The first kappa shape index (κ1) is 19.3. The smallest absolute Gasteiger partial charge is 0.253 e. The standard InChI is InChI=1S/C23H18ClN5O2/c24-15-6-5-8-16(12-15)26-21(30)13-20-22(31)28(14-17-7-3-4-11-25-17)23-27-18-9-1-2-10-19(18)29(20)23/h1-12,20H,13-14H2,(H,26,30). The Morgan fingerprint density at radius 2 is 1.90 bits per heavy atom. The van der Waals surface area contributed by atoms with Crippen LogP contribution in [0.1, 0.15) is 18.2 Å². The van der Waals surface area contributed by atoms with Gasteiger partial charge in [0.2, 0.25) is 11.9 Å². The van der Waals surface area contributed by atoms with Gasteiger partial charge in [-0.2, -0.15) is 0 Å². The summed E-state index contributed by atoms with van der Waals surface area (Å²) in [5.41, 5.74) is 2.92. The lowest BCUT2D eigenvalue weighted by Crippen LogP contribution is -2.31. The third kappa shape index (κ3) is 3.64. The van der Waals surface area contributed by atoms with Gasteiger partial charge in [0.15, 0.2) is 0 Å². The zero-order chi connectivity index (χ0) is 21.4. The molecule has 0 saturated heterocycles. The Balaban J connectivity index is 1.47. The number of imidazole rings is 1. The number of nitrogens with one attached hydrogen (secondary N) is 1. The van der Waals surface area contributed by atoms with E-state index in [1.165, 1.54) is 0 Å². The Morgan fingerprint density at radius 1 is 1.06 bits per heavy atom. The zero-order valence-electron chi connectivity index (χ0n) is 16.4. The molecule has 0 aliphatic carbocycles. The SMILES string of the molecule is O=C(CC1C(=O)N(Cc2ccccn2)c2nc3ccccc3n21)Nc1cccc(Cl)c1. The number of nitrogens with zero attached hydrogens (tertiary/aromatic N) is 4. The van der Waals surface area contributed by atoms with Crippen molar-refractivity contribution in [1.29, 1.82) is 0 Å². The van der Waals surface area contributed by atoms with Crippen molar-refractivity contribution in [3.63, 3.8) is 0 Å². The Morgan fingerprint density at radius 3 is 2.71 bits per heavy atom. The van der Waals surface area contributed by atoms with Crippen molar-refractivity contribution >= 4 is 46.1 Å². The van der Waals surface area contributed by atoms with Gasteiger partial charge in [0.25, 0.3) is 5.91 Å². The van der Waals surface area contributed by atoms with Gasteiger partial charge < -0.3 is 5.32 Å². The number of rotatable bonds is 5. The normalized spacial score (nSPS) is 15.3. The number of aromatic nitrogens is 3. The minimum atomic E-state index is -0.690. The second kappa shape index (κ2) is 7.85. The van der Waals surface area contributed by atoms with Crippen LogP contribution >= 0.6 is 11.6 Å². The second-order valence-electron chi connectivity index (χ2n) is 7.29. The van der Waals surface area contributed by atoms with Crippen LogP contribution in [-0.4, -0.2) is 26.3 Å². The van der Waals surface area contributed by atoms with E-state index in [9.17, 15) is 9.59 Å². The molecule has 0 saturated carbocycles. The molecule has 2 amide bonds. The van der Waals surface area contributed by atoms with Crippen molar-refractivity contribution in [3.05, 3.63) is 83.6 Å². The van der Waals surface area contributed by atoms with E-state index in [1.54, 1.807) is 35.4 Å². The van der Waals surface area contributed by atoms with Crippen LogP contribution in [0.15, 0.2) is 72.9 Å². The van der Waals surface area contributed by atoms with Crippen LogP contribution in [0.3, 0.4) is 0 Å². The molecule has 8 heteroatoms. The van der Waals surface area contributed by atoms with E-state index >= 15 is 0 Å². The predicted octanol–water partition coefficient (Wildman–Crippen LogP) is 4.20. The molecule has 0 radical (unpaired) electrons. The summed E-state index contributed by atoms with van der Waals surface area (Å²) in [6, 6.07) is 19.4. The summed E-state index contributed by atoms with van der Waals surface area (Å²) in [4.78, 5) is 36.7. The lowest BCUT2D eigenvalue weighted by molar-refractivity contribution is -0.124. The van der Waals surface area contributed by atoms with Crippen LogP contribution < -0.4 is 10.2 Å². The molecule has 0 spiro atoms. The topological polar surface area (TPSA) is 80.1 Å². The predicted molar refractivity (Wildman–Crippen MR) is 119 cm³/mol. The minimum Gasteiger partial charge on any atom is -0.326 e. The molecule has 2 aromatic carbocycles. The molecule has 1 unspecified atom stereocenters. The minimum absolute atomic E-state index is 0.0164. The van der Waals surface area contributed by atoms with Gasteiger partial charge in [0.05, 0.1) is 29.7 Å². The number of benzene rings is 2. The summed E-state index contributed by atoms with van der Waals surface area (Å²) in [5.74, 6) is 0.0709. The fraction of sp³-hybridized carbons (Fsp3) is 0.130. The fourth-order valence-electron chi connectivity index (χ4n) is 3.85. The van der Waals surface area contributed by atoms with Gasteiger partial charge in [-0.25, -0.2) is 4.98 Å². The van der Waals surface area contributed by atoms with E-state index in [0.29, 0.717) is 16.7 Å². The Bertz CT molecular complexity index is 1290. The number of pyridine rings is 1. The average Bonchev–Trinajstić information content (AvgIpc) is 3.25. The molecule has 3 heterocycles. The van der Waals surface area contributed by atoms with E-state index in [1.807, 2.05) is 47.0 Å². The lowest BCUT2D eigenvalue weighted by Gasteiger charge is -2.15. The summed E-state index contributed by atoms with van der Waals surface area (Å²) >= 11 is 6.01. The quantitative estimate of drug-likeness (QED) is 0.513. The molecule has 1 atom stereocenters. The Hall–Kier alpha value is -3.71. The lowest BCUT2D eigenvalue weighted by atomic mass is 10.1. The maximum atomic E-state index is 13.3. The van der Waals surface area contributed by atoms with E-state index < -0.39 is 6.04 Å². The Labute approximate surface area is 183 Å². The third-order valence-electron chi connectivity index (χ3n) is 5.21. The number of anilines is 2. The van der Waals surface area contributed by atoms with E-state index in [0.717, 1.165) is 16.7 Å². The number of carbonyl (C=O) groups excluding carboxylic acids is 2. The number of halogens is 1. The van der Waals surface area contributed by atoms with E-state index in [-0.39, 0.29) is 24.8 Å². The third-order valence-corrected chi connectivity index (χ3v) is 5.45. The first-order valence-electron chi connectivity index (χ1n) is 9.84. The highest BCUT2D eigenvalue weighted by molar-refractivity contribution is 6.30. The van der Waals surface area contributed by atoms with Gasteiger partial charge in [-0.1, -0.05) is 35.9 Å². The van der Waals surface area contributed by atoms with Crippen LogP contribution in [0, 0.1) is 0 Å². The van der Waals surface area contributed by atoms with Crippen LogP contribution in [0.25, 0.3) is 11.0 Å². The van der Waals surface area contributed by atoms with Gasteiger partial charge in [0, 0.05) is 16.9 Å². The molecular weight excluding hydrogens is 414 g/mol. The van der Waals surface area contributed by atoms with Gasteiger partial charge in [-0.3, -0.25) is 24.0 Å². The molecule has 1 N–H and O–H groups in total. The van der Waals surface area contributed by atoms with Crippen LogP contribution in [0.5, 0.6) is 0 Å². The summed E-state index contributed by atoms with van der Waals surface area (Å²) in [5, 5.41) is 3.35. The molecule has 5 rings (SSSR count). The first-order chi connectivity index (χ1) is 15.1. The maximum absolute atomic E-state index is 13.3. The number of carbonyl (C=O) groups is 2. The summed E-state index contributed by atoms with van der Waals surface area (Å²) < 4.78 is 1.85. The van der Waals surface area contributed by atoms with Crippen molar-refractivity contribution in [3.8, 4) is 0 Å². The summed E-state index contributed by atoms with van der Waals surface area (Å²) in [7, 11) is 0. The number of amides is 2. The van der Waals surface area contributed by atoms with E-state index in [2.05, 4.69) is 15.3 Å². The van der Waals surface area contributed by atoms with Crippen molar-refractivity contribution < 1.29 is 9.59 Å². The molecule has 0 bridgehead atoms. The number of para-hydroxylation sites is 2. The van der Waals surface area contributed by atoms with Crippen LogP contribution in [-0.2, 0) is 16.1 Å². The molecule has 1 aliphatic rings. The Kier molecular flexibility index (Phi) is 4.88. The van der Waals surface area contributed by atoms with Crippen molar-refractivity contribution in [2.75, 3.05) is 10.2 Å². The van der Waals surface area contributed by atoms with Crippen molar-refractivity contribution in [1.82, 2.24) is 14.5 Å². The monoisotopic (exact) mass is 431 g/mol.